The topological polar surface area (TPSA) is 0 Å². The lowest BCUT2D eigenvalue weighted by Crippen LogP contribution is -1.78. The highest BCUT2D eigenvalue weighted by Crippen LogP contribution is 2.35. The van der Waals surface area contributed by atoms with Crippen LogP contribution in [-0.4, -0.2) is 11.0 Å². The summed E-state index contributed by atoms with van der Waals surface area (Å²) in [6.45, 7) is 0. The first-order valence-corrected chi connectivity index (χ1v) is 5.63. The first-order chi connectivity index (χ1) is 4.83. The molecule has 1 heterocycles. The number of halogens is 1. The molecule has 0 fully saturated rings. The molecular weight excluding hydrogens is 184 g/mol. The summed E-state index contributed by atoms with van der Waals surface area (Å²) in [4.78, 5) is 1.30. The fourth-order valence-corrected chi connectivity index (χ4v) is 2.29. The molecule has 0 unspecified atom stereocenters. The van der Waals surface area contributed by atoms with Gasteiger partial charge in [-0.15, -0.1) is 35.1 Å². The summed E-state index contributed by atoms with van der Waals surface area (Å²) in [5.74, 6) is 0. The Labute approximate surface area is 75.1 Å². The molecule has 0 spiro atoms. The molecule has 0 aromatic heterocycles. The van der Waals surface area contributed by atoms with Crippen molar-refractivity contribution in [1.29, 1.82) is 0 Å². The SMILES string of the molecule is CS/C=C/C1=CC[C@H](Cl)S1. The fraction of sp³-hybridized carbons (Fsp3) is 0.429. The van der Waals surface area contributed by atoms with Crippen LogP contribution in [0, 0.1) is 0 Å². The molecule has 1 rings (SSSR count). The average Bonchev–Trinajstić information content (AvgIpc) is 2.31. The minimum Gasteiger partial charge on any atom is -0.138 e. The van der Waals surface area contributed by atoms with Crippen molar-refractivity contribution in [3.05, 3.63) is 22.5 Å². The molecule has 3 heteroatoms. The number of rotatable bonds is 2. The molecule has 0 aromatic carbocycles. The van der Waals surface area contributed by atoms with Crippen molar-refractivity contribution in [2.24, 2.45) is 0 Å². The number of allylic oxidation sites excluding steroid dienone is 2. The molecule has 0 saturated carbocycles. The van der Waals surface area contributed by atoms with E-state index in [4.69, 9.17) is 11.6 Å². The summed E-state index contributed by atoms with van der Waals surface area (Å²) >= 11 is 9.30. The summed E-state index contributed by atoms with van der Waals surface area (Å²) in [5.41, 5.74) is 0. The van der Waals surface area contributed by atoms with E-state index in [0.29, 0.717) is 0 Å². The van der Waals surface area contributed by atoms with Gasteiger partial charge in [0.1, 0.15) is 0 Å². The Bertz CT molecular complexity index is 163. The third-order valence-corrected chi connectivity index (χ3v) is 3.01. The van der Waals surface area contributed by atoms with Gasteiger partial charge in [0.25, 0.3) is 0 Å². The Morgan fingerprint density at radius 2 is 2.70 bits per heavy atom. The van der Waals surface area contributed by atoms with Crippen molar-refractivity contribution in [1.82, 2.24) is 0 Å². The minimum atomic E-state index is 0.265. The maximum atomic E-state index is 5.86. The van der Waals surface area contributed by atoms with E-state index in [2.05, 4.69) is 23.8 Å². The first kappa shape index (κ1) is 8.57. The number of hydrogen-bond acceptors (Lipinski definition) is 2. The second-order valence-electron chi connectivity index (χ2n) is 1.91. The predicted molar refractivity (Wildman–Crippen MR) is 52.6 cm³/mol. The third-order valence-electron chi connectivity index (χ3n) is 1.14. The molecule has 1 aliphatic heterocycles. The molecule has 0 saturated heterocycles. The van der Waals surface area contributed by atoms with E-state index in [0.717, 1.165) is 6.42 Å². The van der Waals surface area contributed by atoms with Crippen LogP contribution in [0.4, 0.5) is 0 Å². The van der Waals surface area contributed by atoms with Gasteiger partial charge in [-0.3, -0.25) is 0 Å². The average molecular weight is 193 g/mol. The van der Waals surface area contributed by atoms with Gasteiger partial charge in [-0.05, 0) is 24.2 Å². The highest BCUT2D eigenvalue weighted by molar-refractivity contribution is 8.05. The Morgan fingerprint density at radius 1 is 1.90 bits per heavy atom. The highest BCUT2D eigenvalue weighted by atomic mass is 35.5. The quantitative estimate of drug-likeness (QED) is 0.615. The predicted octanol–water partition coefficient (Wildman–Crippen LogP) is 3.45. The second kappa shape index (κ2) is 4.37. The second-order valence-corrected chi connectivity index (χ2v) is 4.71. The number of thioether (sulfide) groups is 2. The van der Waals surface area contributed by atoms with Crippen LogP contribution in [-0.2, 0) is 0 Å². The van der Waals surface area contributed by atoms with Crippen molar-refractivity contribution in [3.63, 3.8) is 0 Å². The van der Waals surface area contributed by atoms with Crippen LogP contribution >= 0.6 is 35.1 Å². The molecule has 0 N–H and O–H groups in total. The zero-order chi connectivity index (χ0) is 7.40. The van der Waals surface area contributed by atoms with E-state index in [1.54, 1.807) is 23.5 Å². The Morgan fingerprint density at radius 3 is 3.20 bits per heavy atom. The summed E-state index contributed by atoms with van der Waals surface area (Å²) in [5, 5.41) is 2.08. The van der Waals surface area contributed by atoms with Gasteiger partial charge in [0, 0.05) is 4.91 Å². The van der Waals surface area contributed by atoms with Crippen molar-refractivity contribution in [2.45, 2.75) is 11.1 Å². The molecule has 0 aliphatic carbocycles. The van der Waals surface area contributed by atoms with Crippen LogP contribution in [0.2, 0.25) is 0 Å². The van der Waals surface area contributed by atoms with E-state index < -0.39 is 0 Å². The van der Waals surface area contributed by atoms with E-state index in [1.807, 2.05) is 0 Å². The Balaban J connectivity index is 2.37. The first-order valence-electron chi connectivity index (χ1n) is 3.03. The molecule has 0 amide bonds. The zero-order valence-corrected chi connectivity index (χ0v) is 8.10. The minimum absolute atomic E-state index is 0.265. The maximum Gasteiger partial charge on any atom is 0.0870 e. The maximum absolute atomic E-state index is 5.86. The van der Waals surface area contributed by atoms with Gasteiger partial charge in [-0.1, -0.05) is 6.08 Å². The molecule has 0 bridgehead atoms. The number of alkyl halides is 1. The van der Waals surface area contributed by atoms with Crippen LogP contribution in [0.5, 0.6) is 0 Å². The van der Waals surface area contributed by atoms with Crippen LogP contribution < -0.4 is 0 Å². The van der Waals surface area contributed by atoms with E-state index in [-0.39, 0.29) is 4.71 Å². The van der Waals surface area contributed by atoms with Gasteiger partial charge < -0.3 is 0 Å². The van der Waals surface area contributed by atoms with Gasteiger partial charge >= 0.3 is 0 Å². The van der Waals surface area contributed by atoms with Crippen LogP contribution in [0.15, 0.2) is 22.5 Å². The lowest BCUT2D eigenvalue weighted by Gasteiger charge is -1.94. The van der Waals surface area contributed by atoms with E-state index in [9.17, 15) is 0 Å². The Hall–Kier alpha value is 0.470. The van der Waals surface area contributed by atoms with Crippen molar-refractivity contribution >= 4 is 35.1 Å². The number of hydrogen-bond donors (Lipinski definition) is 0. The lowest BCUT2D eigenvalue weighted by atomic mass is 10.4. The standard InChI is InChI=1S/C7H9ClS2/c1-9-5-4-6-2-3-7(8)10-6/h2,4-5,7H,3H2,1H3/b5-4+/t7-/m1/s1. The van der Waals surface area contributed by atoms with Crippen LogP contribution in [0.3, 0.4) is 0 Å². The van der Waals surface area contributed by atoms with E-state index in [1.165, 1.54) is 4.91 Å². The van der Waals surface area contributed by atoms with E-state index >= 15 is 0 Å². The van der Waals surface area contributed by atoms with Gasteiger partial charge in [-0.2, -0.15) is 0 Å². The molecule has 0 aromatic rings. The van der Waals surface area contributed by atoms with Crippen molar-refractivity contribution in [2.75, 3.05) is 6.26 Å². The summed E-state index contributed by atoms with van der Waals surface area (Å²) in [6.07, 6.45) is 7.34. The molecule has 1 atom stereocenters. The van der Waals surface area contributed by atoms with Gasteiger partial charge in [0.2, 0.25) is 0 Å². The smallest absolute Gasteiger partial charge is 0.0870 e. The highest BCUT2D eigenvalue weighted by Gasteiger charge is 2.11. The molecule has 10 heavy (non-hydrogen) atoms. The monoisotopic (exact) mass is 192 g/mol. The zero-order valence-electron chi connectivity index (χ0n) is 5.71. The summed E-state index contributed by atoms with van der Waals surface area (Å²) < 4.78 is 0.265. The molecule has 0 radical (unpaired) electrons. The van der Waals surface area contributed by atoms with Crippen molar-refractivity contribution < 1.29 is 0 Å². The third kappa shape index (κ3) is 2.60. The van der Waals surface area contributed by atoms with Gasteiger partial charge in [0.05, 0.1) is 4.71 Å². The van der Waals surface area contributed by atoms with Gasteiger partial charge in [0.15, 0.2) is 0 Å². The molecule has 0 nitrogen and oxygen atoms in total. The Kier molecular flexibility index (Phi) is 3.74. The van der Waals surface area contributed by atoms with Crippen LogP contribution in [0.1, 0.15) is 6.42 Å². The molecular formula is C7H9ClS2. The summed E-state index contributed by atoms with van der Waals surface area (Å²) in [7, 11) is 0. The lowest BCUT2D eigenvalue weighted by molar-refractivity contribution is 1.19. The summed E-state index contributed by atoms with van der Waals surface area (Å²) in [6, 6.07) is 0. The van der Waals surface area contributed by atoms with Crippen LogP contribution in [0.25, 0.3) is 0 Å². The fourth-order valence-electron chi connectivity index (χ4n) is 0.695. The molecule has 56 valence electrons. The largest absolute Gasteiger partial charge is 0.138 e. The normalized spacial score (nSPS) is 25.8. The van der Waals surface area contributed by atoms with Gasteiger partial charge in [-0.25, -0.2) is 0 Å². The molecule has 1 aliphatic rings. The van der Waals surface area contributed by atoms with Crippen molar-refractivity contribution in [3.8, 4) is 0 Å².